The molecule has 0 fully saturated rings. The normalized spacial score (nSPS) is 10.1. The van der Waals surface area contributed by atoms with Crippen molar-refractivity contribution in [3.63, 3.8) is 0 Å². The highest BCUT2D eigenvalue weighted by Gasteiger charge is 2.19. The number of hydrogen-bond donors (Lipinski definition) is 2. The number of carbonyl (C=O) groups is 2. The first-order chi connectivity index (χ1) is 14.4. The lowest BCUT2D eigenvalue weighted by molar-refractivity contribution is 0.0846. The molecule has 0 aliphatic heterocycles. The van der Waals surface area contributed by atoms with E-state index in [9.17, 15) is 9.59 Å². The monoisotopic (exact) mass is 482 g/mol. The quantitative estimate of drug-likeness (QED) is 0.557. The van der Waals surface area contributed by atoms with Crippen LogP contribution in [0.4, 0.5) is 0 Å². The Morgan fingerprint density at radius 3 is 1.60 bits per heavy atom. The molecule has 2 aromatic rings. The van der Waals surface area contributed by atoms with Gasteiger partial charge in [0, 0.05) is 11.1 Å². The lowest BCUT2D eigenvalue weighted by atomic mass is 10.1. The average molecular weight is 483 g/mol. The molecule has 30 heavy (non-hydrogen) atoms. The highest BCUT2D eigenvalue weighted by molar-refractivity contribution is 9.10. The van der Waals surface area contributed by atoms with E-state index in [-0.39, 0.29) is 11.1 Å². The van der Waals surface area contributed by atoms with Crippen LogP contribution in [0.3, 0.4) is 0 Å². The third kappa shape index (κ3) is 5.07. The number of nitrogens with one attached hydrogen (secondary N) is 2. The molecule has 0 atom stereocenters. The van der Waals surface area contributed by atoms with E-state index in [2.05, 4.69) is 26.8 Å². The number of rotatable bonds is 8. The molecular formula is C20H23BrN2O7. The number of benzene rings is 2. The molecule has 0 bridgehead atoms. The van der Waals surface area contributed by atoms with Gasteiger partial charge in [-0.1, -0.05) is 0 Å². The van der Waals surface area contributed by atoms with E-state index in [0.29, 0.717) is 39.8 Å². The lowest BCUT2D eigenvalue weighted by Crippen LogP contribution is -2.41. The summed E-state index contributed by atoms with van der Waals surface area (Å²) in [5, 5.41) is 0. The summed E-state index contributed by atoms with van der Waals surface area (Å²) in [5.41, 5.74) is 5.18. The molecule has 0 heterocycles. The number of ether oxygens (including phenoxy) is 5. The Bertz CT molecular complexity index is 909. The van der Waals surface area contributed by atoms with Crippen molar-refractivity contribution >= 4 is 27.7 Å². The van der Waals surface area contributed by atoms with Crippen molar-refractivity contribution in [2.24, 2.45) is 0 Å². The summed E-state index contributed by atoms with van der Waals surface area (Å²) < 4.78 is 27.0. The molecule has 0 aromatic heterocycles. The summed E-state index contributed by atoms with van der Waals surface area (Å²) >= 11 is 3.36. The summed E-state index contributed by atoms with van der Waals surface area (Å²) in [7, 11) is 5.82. The summed E-state index contributed by atoms with van der Waals surface area (Å²) in [5.74, 6) is 0.733. The molecule has 0 saturated heterocycles. The van der Waals surface area contributed by atoms with E-state index in [1.807, 2.05) is 6.92 Å². The zero-order chi connectivity index (χ0) is 22.3. The van der Waals surface area contributed by atoms with Crippen LogP contribution in [0.2, 0.25) is 0 Å². The number of carbonyl (C=O) groups excluding carboxylic acids is 2. The van der Waals surface area contributed by atoms with Crippen molar-refractivity contribution in [2.75, 3.05) is 35.0 Å². The maximum absolute atomic E-state index is 12.5. The molecule has 0 spiro atoms. The number of methoxy groups -OCH3 is 4. The van der Waals surface area contributed by atoms with Gasteiger partial charge in [-0.25, -0.2) is 0 Å². The zero-order valence-corrected chi connectivity index (χ0v) is 18.8. The Hall–Kier alpha value is -3.14. The van der Waals surface area contributed by atoms with Crippen LogP contribution in [0.15, 0.2) is 28.7 Å². The molecule has 0 radical (unpaired) electrons. The van der Waals surface area contributed by atoms with Crippen molar-refractivity contribution in [1.29, 1.82) is 0 Å². The second-order valence-electron chi connectivity index (χ2n) is 5.74. The molecule has 0 aliphatic carbocycles. The van der Waals surface area contributed by atoms with Gasteiger partial charge in [0.25, 0.3) is 11.8 Å². The minimum Gasteiger partial charge on any atom is -0.493 e. The lowest BCUT2D eigenvalue weighted by Gasteiger charge is -2.15. The van der Waals surface area contributed by atoms with E-state index >= 15 is 0 Å². The average Bonchev–Trinajstić information content (AvgIpc) is 2.77. The first-order valence-corrected chi connectivity index (χ1v) is 9.60. The van der Waals surface area contributed by atoms with Gasteiger partial charge in [0.1, 0.15) is 0 Å². The van der Waals surface area contributed by atoms with Crippen LogP contribution in [0.1, 0.15) is 27.6 Å². The highest BCUT2D eigenvalue weighted by atomic mass is 79.9. The molecule has 0 unspecified atom stereocenters. The predicted octanol–water partition coefficient (Wildman–Crippen LogP) is 2.96. The summed E-state index contributed by atoms with van der Waals surface area (Å²) in [4.78, 5) is 25.0. The Morgan fingerprint density at radius 1 is 0.767 bits per heavy atom. The van der Waals surface area contributed by atoms with E-state index in [1.165, 1.54) is 46.6 Å². The van der Waals surface area contributed by atoms with Gasteiger partial charge in [0.2, 0.25) is 5.75 Å². The molecule has 9 nitrogen and oxygen atoms in total. The molecule has 2 aromatic carbocycles. The largest absolute Gasteiger partial charge is 0.493 e. The smallest absolute Gasteiger partial charge is 0.269 e. The van der Waals surface area contributed by atoms with Crippen LogP contribution in [-0.4, -0.2) is 46.9 Å². The van der Waals surface area contributed by atoms with Crippen molar-refractivity contribution in [1.82, 2.24) is 10.9 Å². The van der Waals surface area contributed by atoms with Gasteiger partial charge in [0.05, 0.1) is 39.5 Å². The van der Waals surface area contributed by atoms with Gasteiger partial charge in [-0.2, -0.15) is 0 Å². The Labute approximate surface area is 182 Å². The fourth-order valence-electron chi connectivity index (χ4n) is 2.61. The second kappa shape index (κ2) is 10.6. The van der Waals surface area contributed by atoms with Crippen LogP contribution in [0.5, 0.6) is 28.7 Å². The Morgan fingerprint density at radius 2 is 1.20 bits per heavy atom. The summed E-state index contributed by atoms with van der Waals surface area (Å²) in [6.45, 7) is 2.27. The Kier molecular flexibility index (Phi) is 8.16. The Balaban J connectivity index is 2.18. The summed E-state index contributed by atoms with van der Waals surface area (Å²) in [6.07, 6.45) is 0. The maximum Gasteiger partial charge on any atom is 0.269 e. The van der Waals surface area contributed by atoms with Crippen molar-refractivity contribution in [3.05, 3.63) is 39.9 Å². The molecule has 0 aliphatic rings. The van der Waals surface area contributed by atoms with Crippen LogP contribution in [0, 0.1) is 0 Å². The highest BCUT2D eigenvalue weighted by Crippen LogP contribution is 2.38. The van der Waals surface area contributed by atoms with Crippen LogP contribution in [0.25, 0.3) is 0 Å². The molecule has 10 heteroatoms. The van der Waals surface area contributed by atoms with E-state index < -0.39 is 11.8 Å². The third-order valence-electron chi connectivity index (χ3n) is 4.00. The number of halogens is 1. The van der Waals surface area contributed by atoms with Gasteiger partial charge >= 0.3 is 0 Å². The maximum atomic E-state index is 12.5. The van der Waals surface area contributed by atoms with Crippen molar-refractivity contribution in [3.8, 4) is 28.7 Å². The minimum absolute atomic E-state index is 0.204. The standard InChI is InChI=1S/C20H23BrN2O7/c1-6-30-17-13(21)7-11(8-14(17)26-2)19(24)22-23-20(25)12-9-15(27-3)18(29-5)16(10-12)28-4/h7-10H,6H2,1-5H3,(H,22,24)(H,23,25). The van der Waals surface area contributed by atoms with Gasteiger partial charge in [0.15, 0.2) is 23.0 Å². The first kappa shape index (κ1) is 23.1. The van der Waals surface area contributed by atoms with Gasteiger partial charge < -0.3 is 23.7 Å². The summed E-state index contributed by atoms with van der Waals surface area (Å²) in [6, 6.07) is 6.02. The number of hydrazine groups is 1. The van der Waals surface area contributed by atoms with E-state index in [4.69, 9.17) is 23.7 Å². The van der Waals surface area contributed by atoms with Crippen LogP contribution >= 0.6 is 15.9 Å². The third-order valence-corrected chi connectivity index (χ3v) is 4.59. The first-order valence-electron chi connectivity index (χ1n) is 8.81. The topological polar surface area (TPSA) is 104 Å². The number of hydrogen-bond acceptors (Lipinski definition) is 7. The molecule has 162 valence electrons. The molecule has 2 amide bonds. The fraction of sp³-hybridized carbons (Fsp3) is 0.300. The fourth-order valence-corrected chi connectivity index (χ4v) is 3.16. The number of amides is 2. The minimum atomic E-state index is -0.570. The van der Waals surface area contributed by atoms with Crippen LogP contribution < -0.4 is 34.5 Å². The van der Waals surface area contributed by atoms with Gasteiger partial charge in [-0.15, -0.1) is 0 Å². The van der Waals surface area contributed by atoms with E-state index in [0.717, 1.165) is 0 Å². The molecular weight excluding hydrogens is 460 g/mol. The van der Waals surface area contributed by atoms with E-state index in [1.54, 1.807) is 6.07 Å². The predicted molar refractivity (Wildman–Crippen MR) is 113 cm³/mol. The van der Waals surface area contributed by atoms with Gasteiger partial charge in [-0.3, -0.25) is 20.4 Å². The zero-order valence-electron chi connectivity index (χ0n) is 17.3. The van der Waals surface area contributed by atoms with Crippen LogP contribution in [-0.2, 0) is 0 Å². The molecule has 2 N–H and O–H groups in total. The SMILES string of the molecule is CCOc1c(Br)cc(C(=O)NNC(=O)c2cc(OC)c(OC)c(OC)c2)cc1OC. The second-order valence-corrected chi connectivity index (χ2v) is 6.60. The molecule has 0 saturated carbocycles. The van der Waals surface area contributed by atoms with Gasteiger partial charge in [-0.05, 0) is 47.1 Å². The van der Waals surface area contributed by atoms with Crippen molar-refractivity contribution < 1.29 is 33.3 Å². The van der Waals surface area contributed by atoms with Crippen molar-refractivity contribution in [2.45, 2.75) is 6.92 Å². The molecule has 2 rings (SSSR count).